The molecule has 0 saturated carbocycles. The fraction of sp³-hybridized carbons (Fsp3) is 0.714. The minimum atomic E-state index is 0.492. The van der Waals surface area contributed by atoms with Crippen molar-refractivity contribution in [2.24, 2.45) is 5.92 Å². The summed E-state index contributed by atoms with van der Waals surface area (Å²) in [4.78, 5) is 3.93. The van der Waals surface area contributed by atoms with E-state index in [2.05, 4.69) is 49.5 Å². The predicted molar refractivity (Wildman–Crippen MR) is 75.7 cm³/mol. The molecule has 0 spiro atoms. The van der Waals surface area contributed by atoms with Crippen molar-refractivity contribution in [1.29, 1.82) is 0 Å². The van der Waals surface area contributed by atoms with Crippen molar-refractivity contribution in [3.8, 4) is 0 Å². The van der Waals surface area contributed by atoms with Gasteiger partial charge < -0.3 is 10.2 Å². The summed E-state index contributed by atoms with van der Waals surface area (Å²) >= 11 is 1.88. The van der Waals surface area contributed by atoms with Crippen LogP contribution in [0.5, 0.6) is 0 Å². The molecule has 0 radical (unpaired) electrons. The second-order valence-corrected chi connectivity index (χ2v) is 6.44. The van der Waals surface area contributed by atoms with Crippen molar-refractivity contribution < 1.29 is 0 Å². The van der Waals surface area contributed by atoms with Crippen LogP contribution in [0, 0.1) is 12.8 Å². The van der Waals surface area contributed by atoms with Gasteiger partial charge in [0.2, 0.25) is 0 Å². The van der Waals surface area contributed by atoms with Gasteiger partial charge in [0.05, 0.1) is 0 Å². The van der Waals surface area contributed by atoms with Gasteiger partial charge in [-0.25, -0.2) is 0 Å². The maximum absolute atomic E-state index is 3.82. The standard InChI is InChI=1S/C14H24N2S/c1-10-6-8-17-14(10)12(3)15-13-5-7-16(4)9-11(13)2/h6,8,11-13,15H,5,7,9H2,1-4H3. The Bertz CT molecular complexity index is 361. The highest BCUT2D eigenvalue weighted by Gasteiger charge is 2.25. The molecule has 0 amide bonds. The van der Waals surface area contributed by atoms with Gasteiger partial charge in [0.25, 0.3) is 0 Å². The van der Waals surface area contributed by atoms with Crippen LogP contribution in [0.1, 0.15) is 36.8 Å². The van der Waals surface area contributed by atoms with E-state index in [9.17, 15) is 0 Å². The highest BCUT2D eigenvalue weighted by Crippen LogP contribution is 2.26. The summed E-state index contributed by atoms with van der Waals surface area (Å²) in [6, 6.07) is 3.38. The third-order valence-electron chi connectivity index (χ3n) is 3.87. The predicted octanol–water partition coefficient (Wildman–Crippen LogP) is 3.05. The molecule has 3 unspecified atom stereocenters. The summed E-state index contributed by atoms with van der Waals surface area (Å²) < 4.78 is 0. The number of aryl methyl sites for hydroxylation is 1. The molecule has 17 heavy (non-hydrogen) atoms. The summed E-state index contributed by atoms with van der Waals surface area (Å²) in [5.41, 5.74) is 1.43. The molecule has 1 aromatic heterocycles. The molecule has 96 valence electrons. The molecule has 1 N–H and O–H groups in total. The fourth-order valence-corrected chi connectivity index (χ4v) is 3.77. The number of hydrogen-bond acceptors (Lipinski definition) is 3. The molecule has 1 aromatic rings. The molecule has 2 rings (SSSR count). The van der Waals surface area contributed by atoms with E-state index >= 15 is 0 Å². The molecule has 3 heteroatoms. The van der Waals surface area contributed by atoms with Gasteiger partial charge in [0, 0.05) is 23.5 Å². The van der Waals surface area contributed by atoms with E-state index in [-0.39, 0.29) is 0 Å². The van der Waals surface area contributed by atoms with Gasteiger partial charge in [-0.1, -0.05) is 6.92 Å². The Morgan fingerprint density at radius 2 is 2.29 bits per heavy atom. The molecule has 0 bridgehead atoms. The van der Waals surface area contributed by atoms with E-state index in [4.69, 9.17) is 0 Å². The lowest BCUT2D eigenvalue weighted by Crippen LogP contribution is -2.47. The molecule has 1 aliphatic heterocycles. The third-order valence-corrected chi connectivity index (χ3v) is 5.07. The zero-order valence-corrected chi connectivity index (χ0v) is 12.2. The van der Waals surface area contributed by atoms with Gasteiger partial charge in [-0.2, -0.15) is 0 Å². The molecular weight excluding hydrogens is 228 g/mol. The number of piperidine rings is 1. The maximum atomic E-state index is 3.82. The maximum Gasteiger partial charge on any atom is 0.0391 e. The van der Waals surface area contributed by atoms with Gasteiger partial charge >= 0.3 is 0 Å². The van der Waals surface area contributed by atoms with Crippen LogP contribution in [-0.2, 0) is 0 Å². The van der Waals surface area contributed by atoms with Gasteiger partial charge in [-0.05, 0) is 56.8 Å². The van der Waals surface area contributed by atoms with E-state index in [1.165, 1.54) is 30.0 Å². The van der Waals surface area contributed by atoms with Crippen LogP contribution in [0.2, 0.25) is 0 Å². The Kier molecular flexibility index (Phi) is 4.23. The van der Waals surface area contributed by atoms with Crippen LogP contribution in [0.4, 0.5) is 0 Å². The highest BCUT2D eigenvalue weighted by atomic mass is 32.1. The van der Waals surface area contributed by atoms with Crippen LogP contribution in [0.15, 0.2) is 11.4 Å². The Balaban J connectivity index is 1.95. The Morgan fingerprint density at radius 1 is 1.53 bits per heavy atom. The van der Waals surface area contributed by atoms with Gasteiger partial charge in [0.1, 0.15) is 0 Å². The lowest BCUT2D eigenvalue weighted by Gasteiger charge is -2.36. The fourth-order valence-electron chi connectivity index (χ4n) is 2.83. The van der Waals surface area contributed by atoms with Crippen molar-refractivity contribution in [2.75, 3.05) is 20.1 Å². The molecule has 3 atom stereocenters. The number of thiophene rings is 1. The first-order valence-electron chi connectivity index (χ1n) is 6.56. The average Bonchev–Trinajstić information content (AvgIpc) is 2.68. The molecule has 2 nitrogen and oxygen atoms in total. The SMILES string of the molecule is Cc1ccsc1C(C)NC1CCN(C)CC1C. The molecule has 1 saturated heterocycles. The Morgan fingerprint density at radius 3 is 2.88 bits per heavy atom. The summed E-state index contributed by atoms with van der Waals surface area (Å²) in [5, 5.41) is 6.01. The Labute approximate surface area is 109 Å². The lowest BCUT2D eigenvalue weighted by molar-refractivity contribution is 0.168. The van der Waals surface area contributed by atoms with Gasteiger partial charge in [0.15, 0.2) is 0 Å². The van der Waals surface area contributed by atoms with E-state index < -0.39 is 0 Å². The molecular formula is C14H24N2S. The third kappa shape index (κ3) is 3.09. The average molecular weight is 252 g/mol. The minimum absolute atomic E-state index is 0.492. The smallest absolute Gasteiger partial charge is 0.0391 e. The van der Waals surface area contributed by atoms with Gasteiger partial charge in [-0.3, -0.25) is 0 Å². The zero-order chi connectivity index (χ0) is 12.4. The van der Waals surface area contributed by atoms with Crippen LogP contribution in [0.3, 0.4) is 0 Å². The minimum Gasteiger partial charge on any atom is -0.306 e. The topological polar surface area (TPSA) is 15.3 Å². The number of likely N-dealkylation sites (tertiary alicyclic amines) is 1. The monoisotopic (exact) mass is 252 g/mol. The molecule has 2 heterocycles. The summed E-state index contributed by atoms with van der Waals surface area (Å²) in [7, 11) is 2.22. The zero-order valence-electron chi connectivity index (χ0n) is 11.4. The van der Waals surface area contributed by atoms with Crippen LogP contribution < -0.4 is 5.32 Å². The highest BCUT2D eigenvalue weighted by molar-refractivity contribution is 7.10. The van der Waals surface area contributed by atoms with Crippen LogP contribution in [-0.4, -0.2) is 31.1 Å². The van der Waals surface area contributed by atoms with E-state index in [0.717, 1.165) is 5.92 Å². The lowest BCUT2D eigenvalue weighted by atomic mass is 9.93. The summed E-state index contributed by atoms with van der Waals surface area (Å²) in [5.74, 6) is 0.747. The second kappa shape index (κ2) is 5.51. The van der Waals surface area contributed by atoms with E-state index in [1.807, 2.05) is 11.3 Å². The van der Waals surface area contributed by atoms with Crippen molar-refractivity contribution >= 4 is 11.3 Å². The van der Waals surface area contributed by atoms with E-state index in [0.29, 0.717) is 12.1 Å². The van der Waals surface area contributed by atoms with Crippen LogP contribution in [0.25, 0.3) is 0 Å². The molecule has 0 aromatic carbocycles. The second-order valence-electron chi connectivity index (χ2n) is 5.49. The van der Waals surface area contributed by atoms with E-state index in [1.54, 1.807) is 0 Å². The normalized spacial score (nSPS) is 28.2. The van der Waals surface area contributed by atoms with Crippen LogP contribution >= 0.6 is 11.3 Å². The number of nitrogens with one attached hydrogen (secondary N) is 1. The first-order valence-corrected chi connectivity index (χ1v) is 7.44. The number of hydrogen-bond donors (Lipinski definition) is 1. The summed E-state index contributed by atoms with van der Waals surface area (Å²) in [6.07, 6.45) is 1.27. The Hall–Kier alpha value is -0.380. The quantitative estimate of drug-likeness (QED) is 0.889. The van der Waals surface area contributed by atoms with Gasteiger partial charge in [-0.15, -0.1) is 11.3 Å². The first kappa shape index (κ1) is 13.1. The van der Waals surface area contributed by atoms with Crippen molar-refractivity contribution in [1.82, 2.24) is 10.2 Å². The largest absolute Gasteiger partial charge is 0.306 e. The number of rotatable bonds is 3. The number of nitrogens with zero attached hydrogens (tertiary/aromatic N) is 1. The molecule has 1 fully saturated rings. The van der Waals surface area contributed by atoms with Crippen molar-refractivity contribution in [2.45, 2.75) is 39.3 Å². The molecule has 0 aliphatic carbocycles. The van der Waals surface area contributed by atoms with Crippen molar-refractivity contribution in [3.05, 3.63) is 21.9 Å². The first-order chi connectivity index (χ1) is 8.08. The summed E-state index contributed by atoms with van der Waals surface area (Å²) in [6.45, 7) is 9.30. The molecule has 1 aliphatic rings. The van der Waals surface area contributed by atoms with Crippen molar-refractivity contribution in [3.63, 3.8) is 0 Å².